The predicted octanol–water partition coefficient (Wildman–Crippen LogP) is 4.57. The number of nitrogens with two attached hydrogens (primary N) is 1. The van der Waals surface area contributed by atoms with Crippen molar-refractivity contribution in [2.24, 2.45) is 0 Å². The number of aromatic nitrogens is 4. The standard InChI is InChI=1S/C23H21ClF2N6O/c1-31-7-5-12-10-18(33-2)16(27)11-15(12)19(31)22-28-23(20(24)29-30-22)32-8-6-13-9-14(21(25)26)3-4-17(13)32/h3-4,6,8-11,19,21H,5,7,27H2,1-2H3. The molecule has 5 rings (SSSR count). The van der Waals surface area contributed by atoms with Crippen molar-refractivity contribution in [1.29, 1.82) is 0 Å². The second-order valence-electron chi connectivity index (χ2n) is 8.02. The fourth-order valence-corrected chi connectivity index (χ4v) is 4.54. The lowest BCUT2D eigenvalue weighted by atomic mass is 9.91. The van der Waals surface area contributed by atoms with Gasteiger partial charge in [0.25, 0.3) is 6.43 Å². The lowest BCUT2D eigenvalue weighted by Crippen LogP contribution is -2.34. The van der Waals surface area contributed by atoms with E-state index in [1.807, 2.05) is 19.2 Å². The Morgan fingerprint density at radius 2 is 2.00 bits per heavy atom. The van der Waals surface area contributed by atoms with Crippen molar-refractivity contribution in [2.45, 2.75) is 18.9 Å². The van der Waals surface area contributed by atoms with Gasteiger partial charge >= 0.3 is 0 Å². The highest BCUT2D eigenvalue weighted by Crippen LogP contribution is 2.38. The zero-order valence-corrected chi connectivity index (χ0v) is 18.7. The average Bonchev–Trinajstić information content (AvgIpc) is 3.22. The van der Waals surface area contributed by atoms with Crippen molar-refractivity contribution in [2.75, 3.05) is 26.4 Å². The van der Waals surface area contributed by atoms with Crippen molar-refractivity contribution in [1.82, 2.24) is 24.6 Å². The summed E-state index contributed by atoms with van der Waals surface area (Å²) in [5, 5.41) is 9.22. The summed E-state index contributed by atoms with van der Waals surface area (Å²) in [6, 6.07) is 9.80. The van der Waals surface area contributed by atoms with E-state index in [2.05, 4.69) is 15.1 Å². The van der Waals surface area contributed by atoms with Crippen LogP contribution >= 0.6 is 11.6 Å². The minimum absolute atomic E-state index is 0.0405. The Morgan fingerprint density at radius 3 is 2.76 bits per heavy atom. The summed E-state index contributed by atoms with van der Waals surface area (Å²) >= 11 is 6.38. The van der Waals surface area contributed by atoms with E-state index in [9.17, 15) is 8.78 Å². The Balaban J connectivity index is 1.62. The molecule has 2 aromatic carbocycles. The minimum Gasteiger partial charge on any atom is -0.495 e. The number of ether oxygens (including phenoxy) is 1. The second-order valence-corrected chi connectivity index (χ2v) is 8.37. The number of benzene rings is 2. The highest BCUT2D eigenvalue weighted by molar-refractivity contribution is 6.30. The molecule has 0 saturated carbocycles. The van der Waals surface area contributed by atoms with Crippen molar-refractivity contribution < 1.29 is 13.5 Å². The number of methoxy groups -OCH3 is 1. The number of anilines is 1. The molecule has 1 atom stereocenters. The van der Waals surface area contributed by atoms with Crippen LogP contribution in [0.5, 0.6) is 5.75 Å². The molecule has 170 valence electrons. The maximum absolute atomic E-state index is 13.1. The summed E-state index contributed by atoms with van der Waals surface area (Å²) in [7, 11) is 3.58. The molecular formula is C23H21ClF2N6O. The summed E-state index contributed by atoms with van der Waals surface area (Å²) in [6.07, 6.45) is 0.0318. The lowest BCUT2D eigenvalue weighted by Gasteiger charge is -2.34. The van der Waals surface area contributed by atoms with Gasteiger partial charge in [0.1, 0.15) is 5.75 Å². The Labute approximate surface area is 193 Å². The first-order valence-electron chi connectivity index (χ1n) is 10.3. The summed E-state index contributed by atoms with van der Waals surface area (Å²) in [5.41, 5.74) is 9.46. The number of halogens is 3. The summed E-state index contributed by atoms with van der Waals surface area (Å²) in [4.78, 5) is 6.89. The van der Waals surface area contributed by atoms with Gasteiger partial charge in [-0.1, -0.05) is 17.7 Å². The average molecular weight is 471 g/mol. The first-order chi connectivity index (χ1) is 15.9. The molecule has 7 nitrogen and oxygen atoms in total. The molecule has 3 heterocycles. The molecule has 2 N–H and O–H groups in total. The largest absolute Gasteiger partial charge is 0.495 e. The quantitative estimate of drug-likeness (QED) is 0.440. The van der Waals surface area contributed by atoms with Gasteiger partial charge in [-0.2, -0.15) is 0 Å². The van der Waals surface area contributed by atoms with Crippen LogP contribution in [0.2, 0.25) is 5.15 Å². The first kappa shape index (κ1) is 21.5. The van der Waals surface area contributed by atoms with E-state index in [1.165, 1.54) is 12.1 Å². The fraction of sp³-hybridized carbons (Fsp3) is 0.261. The molecule has 2 aromatic heterocycles. The molecule has 1 unspecified atom stereocenters. The number of hydrogen-bond acceptors (Lipinski definition) is 6. The van der Waals surface area contributed by atoms with Gasteiger partial charge in [-0.15, -0.1) is 10.2 Å². The molecule has 1 aliphatic heterocycles. The molecule has 0 fully saturated rings. The fourth-order valence-electron chi connectivity index (χ4n) is 4.37. The van der Waals surface area contributed by atoms with E-state index in [0.29, 0.717) is 34.0 Å². The third kappa shape index (κ3) is 3.67. The van der Waals surface area contributed by atoms with E-state index >= 15 is 0 Å². The minimum atomic E-state index is -2.54. The van der Waals surface area contributed by atoms with E-state index in [1.54, 1.807) is 30.0 Å². The molecule has 0 amide bonds. The van der Waals surface area contributed by atoms with E-state index in [0.717, 1.165) is 24.1 Å². The second kappa shape index (κ2) is 8.24. The predicted molar refractivity (Wildman–Crippen MR) is 122 cm³/mol. The van der Waals surface area contributed by atoms with Crippen LogP contribution in [0.4, 0.5) is 14.5 Å². The van der Waals surface area contributed by atoms with E-state index in [4.69, 9.17) is 27.1 Å². The van der Waals surface area contributed by atoms with Gasteiger partial charge < -0.3 is 10.5 Å². The third-order valence-electron chi connectivity index (χ3n) is 6.05. The van der Waals surface area contributed by atoms with Crippen LogP contribution in [-0.4, -0.2) is 45.4 Å². The van der Waals surface area contributed by atoms with Gasteiger partial charge in [-0.3, -0.25) is 9.47 Å². The van der Waals surface area contributed by atoms with Gasteiger partial charge in [0.05, 0.1) is 24.4 Å². The first-order valence-corrected chi connectivity index (χ1v) is 10.7. The van der Waals surface area contributed by atoms with Crippen LogP contribution < -0.4 is 10.5 Å². The lowest BCUT2D eigenvalue weighted by molar-refractivity contribution is 0.151. The highest BCUT2D eigenvalue weighted by atomic mass is 35.5. The topological polar surface area (TPSA) is 82.1 Å². The molecule has 0 aliphatic carbocycles. The molecule has 0 radical (unpaired) electrons. The molecule has 0 spiro atoms. The molecular weight excluding hydrogens is 450 g/mol. The van der Waals surface area contributed by atoms with Gasteiger partial charge in [-0.05, 0) is 54.9 Å². The molecule has 0 saturated heterocycles. The van der Waals surface area contributed by atoms with Crippen LogP contribution in [0.3, 0.4) is 0 Å². The number of nitrogen functional groups attached to an aromatic ring is 1. The zero-order chi connectivity index (χ0) is 23.3. The van der Waals surface area contributed by atoms with Gasteiger partial charge in [0.2, 0.25) is 0 Å². The number of hydrogen-bond donors (Lipinski definition) is 1. The van der Waals surface area contributed by atoms with E-state index < -0.39 is 6.43 Å². The number of likely N-dealkylation sites (N-methyl/N-ethyl adjacent to an activating group) is 1. The molecule has 33 heavy (non-hydrogen) atoms. The van der Waals surface area contributed by atoms with Gasteiger partial charge in [0.15, 0.2) is 16.8 Å². The molecule has 10 heteroatoms. The van der Waals surface area contributed by atoms with Crippen LogP contribution in [0, 0.1) is 0 Å². The van der Waals surface area contributed by atoms with Crippen molar-refractivity contribution in [3.05, 3.63) is 70.3 Å². The van der Waals surface area contributed by atoms with Crippen molar-refractivity contribution >= 4 is 28.2 Å². The SMILES string of the molecule is COc1cc2c(cc1N)C(c1nnc(Cl)c(-n3ccc4cc(C(F)F)ccc43)n1)N(C)CC2. The van der Waals surface area contributed by atoms with Gasteiger partial charge in [0, 0.05) is 23.7 Å². The Kier molecular flexibility index (Phi) is 5.38. The zero-order valence-electron chi connectivity index (χ0n) is 18.0. The van der Waals surface area contributed by atoms with Crippen LogP contribution in [0.1, 0.15) is 35.0 Å². The summed E-state index contributed by atoms with van der Waals surface area (Å²) < 4.78 is 33.3. The number of rotatable bonds is 4. The van der Waals surface area contributed by atoms with Crippen LogP contribution in [-0.2, 0) is 6.42 Å². The highest BCUT2D eigenvalue weighted by Gasteiger charge is 2.31. The van der Waals surface area contributed by atoms with Crippen molar-refractivity contribution in [3.63, 3.8) is 0 Å². The maximum Gasteiger partial charge on any atom is 0.263 e. The smallest absolute Gasteiger partial charge is 0.263 e. The molecule has 0 bridgehead atoms. The number of nitrogens with zero attached hydrogens (tertiary/aromatic N) is 5. The Bertz CT molecular complexity index is 1360. The Morgan fingerprint density at radius 1 is 1.18 bits per heavy atom. The van der Waals surface area contributed by atoms with Crippen LogP contribution in [0.25, 0.3) is 16.7 Å². The summed E-state index contributed by atoms with van der Waals surface area (Å²) in [5.74, 6) is 1.48. The van der Waals surface area contributed by atoms with E-state index in [-0.39, 0.29) is 16.8 Å². The van der Waals surface area contributed by atoms with Crippen molar-refractivity contribution in [3.8, 4) is 11.6 Å². The van der Waals surface area contributed by atoms with Crippen LogP contribution in [0.15, 0.2) is 42.6 Å². The molecule has 1 aliphatic rings. The Hall–Kier alpha value is -3.30. The normalized spacial score (nSPS) is 16.4. The summed E-state index contributed by atoms with van der Waals surface area (Å²) in [6.45, 7) is 0.787. The number of alkyl halides is 2. The molecule has 4 aromatic rings. The number of fused-ring (bicyclic) bond motifs is 2. The van der Waals surface area contributed by atoms with Gasteiger partial charge in [-0.25, -0.2) is 13.8 Å². The maximum atomic E-state index is 13.1. The monoisotopic (exact) mass is 470 g/mol. The third-order valence-corrected chi connectivity index (χ3v) is 6.29.